The molecule has 0 aliphatic carbocycles. The third-order valence-electron chi connectivity index (χ3n) is 1.34. The van der Waals surface area contributed by atoms with Crippen molar-refractivity contribution in [3.8, 4) is 0 Å². The van der Waals surface area contributed by atoms with Gasteiger partial charge in [0.25, 0.3) is 0 Å². The van der Waals surface area contributed by atoms with E-state index in [2.05, 4.69) is 35.2 Å². The number of nitrogens with one attached hydrogen (secondary N) is 1. The molecular weight excluding hydrogens is 347 g/mol. The molecule has 1 atom stereocenters. The van der Waals surface area contributed by atoms with Crippen molar-refractivity contribution in [1.82, 2.24) is 5.32 Å². The van der Waals surface area contributed by atoms with Gasteiger partial charge in [0.1, 0.15) is 0 Å². The molecule has 1 aliphatic rings. The van der Waals surface area contributed by atoms with E-state index in [-0.39, 0.29) is 0 Å². The number of halogens is 4. The number of alkyl halides is 1. The zero-order chi connectivity index (χ0) is 13.9. The van der Waals surface area contributed by atoms with Crippen LogP contribution in [0.5, 0.6) is 0 Å². The summed E-state index contributed by atoms with van der Waals surface area (Å²) in [7, 11) is -8.28. The summed E-state index contributed by atoms with van der Waals surface area (Å²) in [5.41, 5.74) is 0. The Balaban J connectivity index is 2.78. The fourth-order valence-electron chi connectivity index (χ4n) is 0.897. The van der Waals surface area contributed by atoms with Crippen LogP contribution in [0, 0.1) is 0 Å². The standard InChI is InChI=1S/C3H4B3BrF3NO6S/c7-3(17-6(10)14)11-1(15-4(8)12)2(18-3)16-5(9)13/h11-14H/t3-/m0/s1. The van der Waals surface area contributed by atoms with Gasteiger partial charge in [0.2, 0.25) is 14.9 Å². The molecule has 0 fully saturated rings. The second-order valence-electron chi connectivity index (χ2n) is 2.61. The minimum Gasteiger partial charge on any atom is -0.500 e. The van der Waals surface area contributed by atoms with Gasteiger partial charge in [-0.2, -0.15) is 0 Å². The fourth-order valence-corrected chi connectivity index (χ4v) is 2.50. The Morgan fingerprint density at radius 3 is 2.11 bits per heavy atom. The summed E-state index contributed by atoms with van der Waals surface area (Å²) >= 11 is 3.08. The lowest BCUT2D eigenvalue weighted by atomic mass is 10.3. The molecule has 100 valence electrons. The molecule has 0 aromatic rings. The molecule has 18 heavy (non-hydrogen) atoms. The molecule has 1 rings (SSSR count). The van der Waals surface area contributed by atoms with Crippen LogP contribution in [-0.4, -0.2) is 41.2 Å². The number of hydrogen-bond acceptors (Lipinski definition) is 8. The number of rotatable bonds is 6. The van der Waals surface area contributed by atoms with Gasteiger partial charge in [-0.05, 0) is 27.7 Å². The fraction of sp³-hybridized carbons (Fsp3) is 0.333. The first-order chi connectivity index (χ1) is 8.22. The summed E-state index contributed by atoms with van der Waals surface area (Å²) in [6.07, 6.45) is 0. The van der Waals surface area contributed by atoms with Gasteiger partial charge in [-0.3, -0.25) is 4.32 Å². The Morgan fingerprint density at radius 2 is 1.67 bits per heavy atom. The highest BCUT2D eigenvalue weighted by molar-refractivity contribution is 9.11. The predicted octanol–water partition coefficient (Wildman–Crippen LogP) is -0.655. The van der Waals surface area contributed by atoms with Gasteiger partial charge in [-0.15, -0.1) is 0 Å². The summed E-state index contributed by atoms with van der Waals surface area (Å²) in [6.45, 7) is 0. The van der Waals surface area contributed by atoms with E-state index >= 15 is 0 Å². The van der Waals surface area contributed by atoms with Crippen LogP contribution in [0.25, 0.3) is 0 Å². The van der Waals surface area contributed by atoms with Gasteiger partial charge < -0.3 is 34.4 Å². The number of hydrogen-bond donors (Lipinski definition) is 4. The van der Waals surface area contributed by atoms with E-state index in [9.17, 15) is 12.9 Å². The Hall–Kier alpha value is -0.205. The lowest BCUT2D eigenvalue weighted by molar-refractivity contribution is 0.149. The van der Waals surface area contributed by atoms with Crippen LogP contribution in [0.3, 0.4) is 0 Å². The predicted molar refractivity (Wildman–Crippen MR) is 59.9 cm³/mol. The molecule has 0 aromatic heterocycles. The van der Waals surface area contributed by atoms with E-state index in [1.807, 2.05) is 0 Å². The van der Waals surface area contributed by atoms with Gasteiger partial charge in [-0.25, -0.2) is 8.63 Å². The van der Waals surface area contributed by atoms with E-state index in [4.69, 9.17) is 15.1 Å². The summed E-state index contributed by atoms with van der Waals surface area (Å²) in [4.78, 5) is 0. The average Bonchev–Trinajstić information content (AvgIpc) is 2.38. The van der Waals surface area contributed by atoms with Crippen molar-refractivity contribution in [1.29, 1.82) is 0 Å². The second kappa shape index (κ2) is 6.30. The van der Waals surface area contributed by atoms with Crippen LogP contribution in [-0.2, 0) is 14.0 Å². The minimum absolute atomic E-state index is 0.358. The highest BCUT2D eigenvalue weighted by Crippen LogP contribution is 2.45. The maximum absolute atomic E-state index is 12.3. The van der Waals surface area contributed by atoms with Crippen LogP contribution in [0.1, 0.15) is 0 Å². The molecule has 0 amide bonds. The van der Waals surface area contributed by atoms with E-state index in [1.165, 1.54) is 0 Å². The lowest BCUT2D eigenvalue weighted by Gasteiger charge is -2.21. The Morgan fingerprint density at radius 1 is 1.11 bits per heavy atom. The van der Waals surface area contributed by atoms with Gasteiger partial charge in [0.05, 0.1) is 0 Å². The van der Waals surface area contributed by atoms with Crippen LogP contribution in [0.15, 0.2) is 11.0 Å². The lowest BCUT2D eigenvalue weighted by Crippen LogP contribution is -2.39. The van der Waals surface area contributed by atoms with Gasteiger partial charge >= 0.3 is 22.2 Å². The van der Waals surface area contributed by atoms with Crippen molar-refractivity contribution in [2.45, 2.75) is 3.97 Å². The topological polar surface area (TPSA) is 100 Å². The summed E-state index contributed by atoms with van der Waals surface area (Å²) < 4.78 is 47.4. The van der Waals surface area contributed by atoms with Crippen molar-refractivity contribution in [2.75, 3.05) is 0 Å². The maximum atomic E-state index is 12.3. The van der Waals surface area contributed by atoms with E-state index in [0.717, 1.165) is 0 Å². The summed E-state index contributed by atoms with van der Waals surface area (Å²) in [5.74, 6) is -0.677. The molecule has 0 radical (unpaired) electrons. The minimum atomic E-state index is -2.78. The van der Waals surface area contributed by atoms with Crippen LogP contribution in [0.2, 0.25) is 0 Å². The molecule has 7 nitrogen and oxygen atoms in total. The molecule has 0 saturated heterocycles. The van der Waals surface area contributed by atoms with Crippen LogP contribution >= 0.6 is 27.7 Å². The molecule has 15 heteroatoms. The quantitative estimate of drug-likeness (QED) is 0.284. The third kappa shape index (κ3) is 4.82. The molecule has 0 bridgehead atoms. The largest absolute Gasteiger partial charge is 0.752 e. The van der Waals surface area contributed by atoms with E-state index in [1.54, 1.807) is 0 Å². The van der Waals surface area contributed by atoms with Gasteiger partial charge in [-0.1, -0.05) is 0 Å². The number of thioether (sulfide) groups is 1. The van der Waals surface area contributed by atoms with Crippen molar-refractivity contribution in [3.63, 3.8) is 0 Å². The average molecular weight is 351 g/mol. The van der Waals surface area contributed by atoms with Gasteiger partial charge in [0.15, 0.2) is 0 Å². The van der Waals surface area contributed by atoms with Crippen molar-refractivity contribution >= 4 is 49.9 Å². The first kappa shape index (κ1) is 15.9. The molecule has 0 spiro atoms. The highest BCUT2D eigenvalue weighted by atomic mass is 79.9. The SMILES string of the molecule is OB(F)OC1=C(OB(O)F)S[C@](Br)(OB(O)F)N1. The molecule has 0 saturated carbocycles. The normalized spacial score (nSPS) is 22.6. The van der Waals surface area contributed by atoms with Crippen LogP contribution in [0.4, 0.5) is 12.9 Å². The first-order valence-electron chi connectivity index (χ1n) is 4.10. The zero-order valence-corrected chi connectivity index (χ0v) is 10.6. The maximum Gasteiger partial charge on any atom is 0.752 e. The summed E-state index contributed by atoms with van der Waals surface area (Å²) in [6, 6.07) is 0. The van der Waals surface area contributed by atoms with Gasteiger partial charge in [0, 0.05) is 0 Å². The third-order valence-corrected chi connectivity index (χ3v) is 3.14. The Bertz CT molecular complexity index is 314. The van der Waals surface area contributed by atoms with Crippen LogP contribution < -0.4 is 5.32 Å². The Kier molecular flexibility index (Phi) is 5.55. The molecule has 0 aromatic carbocycles. The van der Waals surface area contributed by atoms with Crippen molar-refractivity contribution in [3.05, 3.63) is 11.0 Å². The van der Waals surface area contributed by atoms with Crippen molar-refractivity contribution in [2.24, 2.45) is 0 Å². The second-order valence-corrected chi connectivity index (χ2v) is 5.40. The zero-order valence-electron chi connectivity index (χ0n) is 8.22. The summed E-state index contributed by atoms with van der Waals surface area (Å²) in [5, 5.41) is 26.6. The molecular formula is C3H4B3BrF3NO6S. The molecule has 1 aliphatic heterocycles. The van der Waals surface area contributed by atoms with Crippen molar-refractivity contribution < 1.29 is 42.0 Å². The molecule has 1 heterocycles. The first-order valence-corrected chi connectivity index (χ1v) is 5.71. The smallest absolute Gasteiger partial charge is 0.500 e. The molecule has 4 N–H and O–H groups in total. The molecule has 0 unspecified atom stereocenters. The van der Waals surface area contributed by atoms with E-state index < -0.39 is 37.1 Å². The monoisotopic (exact) mass is 351 g/mol. The van der Waals surface area contributed by atoms with E-state index in [0.29, 0.717) is 11.8 Å². The highest BCUT2D eigenvalue weighted by Gasteiger charge is 2.46. The Labute approximate surface area is 112 Å².